The number of epoxide rings is 2. The lowest BCUT2D eigenvalue weighted by molar-refractivity contribution is -0.124. The molecule has 7 nitrogen and oxygen atoms in total. The number of likely N-dealkylation sites (tertiary alicyclic amines) is 2. The Kier molecular flexibility index (Phi) is 8.40. The standard InChI is InChI=1S/C29H46F2N2O5/c1-19(2)5-8-23-28(3,38-23)26-25(35-4)22(9-12-29(26)18-36-29)37-27(34)33-15-21(16-33)7-6-20-10-13-32(14-11-20)17-24(30)31/h5,20-26H,6-18H2,1-4H3/t22-,23-,25-,26-,28+,29+/m1/s1. The molecule has 0 unspecified atom stereocenters. The number of hydrogen-bond donors (Lipinski definition) is 0. The molecule has 216 valence electrons. The lowest BCUT2D eigenvalue weighted by atomic mass is 9.68. The van der Waals surface area contributed by atoms with Crippen LogP contribution in [0.25, 0.3) is 0 Å². The number of amides is 1. The first-order valence-electron chi connectivity index (χ1n) is 14.6. The summed E-state index contributed by atoms with van der Waals surface area (Å²) in [5, 5.41) is 0. The number of methoxy groups -OCH3 is 1. The summed E-state index contributed by atoms with van der Waals surface area (Å²) in [5.41, 5.74) is 0.711. The number of rotatable bonds is 10. The molecule has 5 rings (SSSR count). The third kappa shape index (κ3) is 6.06. The van der Waals surface area contributed by atoms with Crippen LogP contribution in [0.3, 0.4) is 0 Å². The van der Waals surface area contributed by atoms with Gasteiger partial charge in [-0.25, -0.2) is 13.6 Å². The summed E-state index contributed by atoms with van der Waals surface area (Å²) < 4.78 is 49.5. The lowest BCUT2D eigenvalue weighted by Crippen LogP contribution is -2.57. The van der Waals surface area contributed by atoms with Crippen LogP contribution in [-0.2, 0) is 18.9 Å². The summed E-state index contributed by atoms with van der Waals surface area (Å²) in [7, 11) is 1.70. The quantitative estimate of drug-likeness (QED) is 0.290. The summed E-state index contributed by atoms with van der Waals surface area (Å²) in [5.74, 6) is 1.13. The number of nitrogens with zero attached hydrogens (tertiary/aromatic N) is 2. The van der Waals surface area contributed by atoms with Crippen molar-refractivity contribution in [3.63, 3.8) is 0 Å². The molecule has 5 aliphatic rings. The van der Waals surface area contributed by atoms with E-state index in [2.05, 4.69) is 26.8 Å². The second-order valence-corrected chi connectivity index (χ2v) is 12.8. The molecule has 1 spiro atoms. The van der Waals surface area contributed by atoms with Crippen LogP contribution in [0, 0.1) is 17.8 Å². The number of alkyl halides is 2. The largest absolute Gasteiger partial charge is 0.443 e. The van der Waals surface area contributed by atoms with Crippen LogP contribution in [0.15, 0.2) is 11.6 Å². The highest BCUT2D eigenvalue weighted by Crippen LogP contribution is 2.59. The van der Waals surface area contributed by atoms with Gasteiger partial charge in [0.1, 0.15) is 23.4 Å². The fraction of sp³-hybridized carbons (Fsp3) is 0.897. The van der Waals surface area contributed by atoms with Gasteiger partial charge in [-0.3, -0.25) is 4.90 Å². The van der Waals surface area contributed by atoms with E-state index in [4.69, 9.17) is 18.9 Å². The monoisotopic (exact) mass is 540 g/mol. The molecule has 9 heteroatoms. The molecule has 4 aliphatic heterocycles. The summed E-state index contributed by atoms with van der Waals surface area (Å²) in [6.07, 6.45) is 5.92. The van der Waals surface area contributed by atoms with Crippen molar-refractivity contribution in [3.8, 4) is 0 Å². The smallest absolute Gasteiger partial charge is 0.410 e. The zero-order chi connectivity index (χ0) is 27.1. The normalized spacial score (nSPS) is 37.8. The predicted octanol–water partition coefficient (Wildman–Crippen LogP) is 4.89. The number of carbonyl (C=O) groups is 1. The second kappa shape index (κ2) is 11.3. The summed E-state index contributed by atoms with van der Waals surface area (Å²) in [6, 6.07) is 0. The van der Waals surface area contributed by atoms with E-state index in [1.807, 2.05) is 9.80 Å². The Balaban J connectivity index is 1.07. The van der Waals surface area contributed by atoms with Gasteiger partial charge in [-0.05, 0) is 90.6 Å². The van der Waals surface area contributed by atoms with Crippen LogP contribution in [-0.4, -0.2) is 98.3 Å². The molecule has 0 radical (unpaired) electrons. The van der Waals surface area contributed by atoms with Gasteiger partial charge in [0.2, 0.25) is 0 Å². The van der Waals surface area contributed by atoms with Crippen molar-refractivity contribution in [1.82, 2.24) is 9.80 Å². The predicted molar refractivity (Wildman–Crippen MR) is 139 cm³/mol. The molecule has 0 aromatic heterocycles. The van der Waals surface area contributed by atoms with Gasteiger partial charge in [0.25, 0.3) is 6.43 Å². The molecular formula is C29H46F2N2O5. The van der Waals surface area contributed by atoms with E-state index < -0.39 is 6.43 Å². The molecule has 4 heterocycles. The average molecular weight is 541 g/mol. The van der Waals surface area contributed by atoms with Gasteiger partial charge < -0.3 is 23.8 Å². The van der Waals surface area contributed by atoms with E-state index >= 15 is 0 Å². The Morgan fingerprint density at radius 3 is 2.42 bits per heavy atom. The number of hydrogen-bond acceptors (Lipinski definition) is 6. The van der Waals surface area contributed by atoms with Crippen LogP contribution >= 0.6 is 0 Å². The summed E-state index contributed by atoms with van der Waals surface area (Å²) >= 11 is 0. The van der Waals surface area contributed by atoms with Crippen molar-refractivity contribution in [1.29, 1.82) is 0 Å². The molecular weight excluding hydrogens is 494 g/mol. The summed E-state index contributed by atoms with van der Waals surface area (Å²) in [4.78, 5) is 16.7. The van der Waals surface area contributed by atoms with E-state index in [0.29, 0.717) is 18.4 Å². The molecule has 5 fully saturated rings. The first kappa shape index (κ1) is 28.2. The fourth-order valence-corrected chi connectivity index (χ4v) is 7.30. The van der Waals surface area contributed by atoms with E-state index in [-0.39, 0.29) is 48.1 Å². The minimum Gasteiger partial charge on any atom is -0.443 e. The molecule has 0 N–H and O–H groups in total. The van der Waals surface area contributed by atoms with E-state index in [1.165, 1.54) is 5.57 Å². The molecule has 38 heavy (non-hydrogen) atoms. The lowest BCUT2D eigenvalue weighted by Gasteiger charge is -2.44. The number of carbonyl (C=O) groups excluding carboxylic acids is 1. The van der Waals surface area contributed by atoms with Crippen molar-refractivity contribution in [2.45, 2.75) is 102 Å². The topological polar surface area (TPSA) is 67.1 Å². The van der Waals surface area contributed by atoms with Gasteiger partial charge in [-0.15, -0.1) is 0 Å². The molecule has 1 aliphatic carbocycles. The number of piperidine rings is 1. The van der Waals surface area contributed by atoms with Crippen molar-refractivity contribution < 1.29 is 32.5 Å². The zero-order valence-corrected chi connectivity index (χ0v) is 23.5. The molecule has 1 saturated carbocycles. The number of allylic oxidation sites excluding steroid dienone is 1. The highest BCUT2D eigenvalue weighted by molar-refractivity contribution is 5.69. The van der Waals surface area contributed by atoms with Crippen molar-refractivity contribution >= 4 is 6.09 Å². The third-order valence-corrected chi connectivity index (χ3v) is 9.79. The van der Waals surface area contributed by atoms with E-state index in [9.17, 15) is 13.6 Å². The second-order valence-electron chi connectivity index (χ2n) is 12.8. The van der Waals surface area contributed by atoms with Crippen LogP contribution in [0.5, 0.6) is 0 Å². The number of ether oxygens (including phenoxy) is 4. The number of halogens is 2. The van der Waals surface area contributed by atoms with Crippen LogP contribution in [0.1, 0.15) is 65.7 Å². The van der Waals surface area contributed by atoms with Gasteiger partial charge in [0.05, 0.1) is 25.2 Å². The molecule has 6 atom stereocenters. The molecule has 0 bridgehead atoms. The van der Waals surface area contributed by atoms with E-state index in [1.54, 1.807) is 7.11 Å². The maximum atomic E-state index is 13.0. The van der Waals surface area contributed by atoms with Gasteiger partial charge in [0.15, 0.2) is 0 Å². The highest BCUT2D eigenvalue weighted by Gasteiger charge is 2.72. The van der Waals surface area contributed by atoms with Crippen LogP contribution in [0.2, 0.25) is 0 Å². The maximum Gasteiger partial charge on any atom is 0.410 e. The summed E-state index contributed by atoms with van der Waals surface area (Å²) in [6.45, 7) is 9.97. The van der Waals surface area contributed by atoms with Gasteiger partial charge in [-0.1, -0.05) is 11.6 Å². The third-order valence-electron chi connectivity index (χ3n) is 9.79. The Labute approximate surface area is 226 Å². The fourth-order valence-electron chi connectivity index (χ4n) is 7.30. The minimum atomic E-state index is -2.25. The Hall–Kier alpha value is -1.29. The Morgan fingerprint density at radius 2 is 1.82 bits per heavy atom. The molecule has 0 aromatic carbocycles. The van der Waals surface area contributed by atoms with Gasteiger partial charge in [0, 0.05) is 20.2 Å². The van der Waals surface area contributed by atoms with Gasteiger partial charge in [-0.2, -0.15) is 0 Å². The van der Waals surface area contributed by atoms with E-state index in [0.717, 1.165) is 71.1 Å². The van der Waals surface area contributed by atoms with Crippen molar-refractivity contribution in [3.05, 3.63) is 11.6 Å². The van der Waals surface area contributed by atoms with Crippen molar-refractivity contribution in [2.24, 2.45) is 17.8 Å². The average Bonchev–Trinajstić information content (AvgIpc) is 3.75. The Morgan fingerprint density at radius 1 is 1.13 bits per heavy atom. The molecule has 4 saturated heterocycles. The maximum absolute atomic E-state index is 13.0. The van der Waals surface area contributed by atoms with Crippen LogP contribution in [0.4, 0.5) is 13.6 Å². The van der Waals surface area contributed by atoms with Crippen molar-refractivity contribution in [2.75, 3.05) is 46.4 Å². The zero-order valence-electron chi connectivity index (χ0n) is 23.5. The van der Waals surface area contributed by atoms with Crippen LogP contribution < -0.4 is 0 Å². The first-order chi connectivity index (χ1) is 18.1. The molecule has 1 amide bonds. The Bertz CT molecular complexity index is 865. The van der Waals surface area contributed by atoms with Gasteiger partial charge >= 0.3 is 6.09 Å². The SMILES string of the molecule is CO[C@@H]1[C@H](OC(=O)N2CC(CCC3CCN(CC(F)F)CC3)C2)CC[C@]2(CO2)[C@H]1[C@@]1(C)O[C@@H]1CC=C(C)C. The minimum absolute atomic E-state index is 0.0263. The molecule has 0 aromatic rings. The highest BCUT2D eigenvalue weighted by atomic mass is 19.3. The first-order valence-corrected chi connectivity index (χ1v) is 14.6.